The molecule has 1 unspecified atom stereocenters. The number of piperidine rings is 1. The fourth-order valence-electron chi connectivity index (χ4n) is 3.76. The van der Waals surface area contributed by atoms with Crippen LogP contribution in [0.2, 0.25) is 0 Å². The van der Waals surface area contributed by atoms with Gasteiger partial charge >= 0.3 is 0 Å². The van der Waals surface area contributed by atoms with Crippen molar-refractivity contribution in [2.24, 2.45) is 0 Å². The molecule has 1 aliphatic heterocycles. The second kappa shape index (κ2) is 8.01. The Morgan fingerprint density at radius 2 is 1.93 bits per heavy atom. The SMILES string of the molecule is Cc1cc(C)c(NC(=O)c2cccc(S(=O)(=O)N3CCCCC3C)c2)c(C)n1. The Kier molecular flexibility index (Phi) is 5.86. The van der Waals surface area contributed by atoms with Crippen molar-refractivity contribution in [3.63, 3.8) is 0 Å². The minimum absolute atomic E-state index is 0.0276. The highest BCUT2D eigenvalue weighted by molar-refractivity contribution is 7.89. The van der Waals surface area contributed by atoms with E-state index in [1.165, 1.54) is 6.07 Å². The minimum atomic E-state index is -3.62. The standard InChI is InChI=1S/C21H27N3O3S/c1-14-12-15(2)22-17(4)20(14)23-21(25)18-9-7-10-19(13-18)28(26,27)24-11-6-5-8-16(24)3/h7,9-10,12-13,16H,5-6,8,11H2,1-4H3,(H,23,25). The molecular weight excluding hydrogens is 374 g/mol. The van der Waals surface area contributed by atoms with E-state index in [1.807, 2.05) is 33.8 Å². The molecule has 1 fully saturated rings. The number of benzene rings is 1. The van der Waals surface area contributed by atoms with Gasteiger partial charge in [0.2, 0.25) is 10.0 Å². The second-order valence-electron chi connectivity index (χ2n) is 7.48. The summed E-state index contributed by atoms with van der Waals surface area (Å²) in [4.78, 5) is 17.3. The minimum Gasteiger partial charge on any atom is -0.320 e. The number of nitrogens with one attached hydrogen (secondary N) is 1. The van der Waals surface area contributed by atoms with E-state index in [0.717, 1.165) is 36.2 Å². The van der Waals surface area contributed by atoms with E-state index in [4.69, 9.17) is 0 Å². The highest BCUT2D eigenvalue weighted by atomic mass is 32.2. The van der Waals surface area contributed by atoms with Crippen molar-refractivity contribution in [2.75, 3.05) is 11.9 Å². The van der Waals surface area contributed by atoms with E-state index < -0.39 is 10.0 Å². The second-order valence-corrected chi connectivity index (χ2v) is 9.37. The monoisotopic (exact) mass is 401 g/mol. The Morgan fingerprint density at radius 1 is 1.18 bits per heavy atom. The van der Waals surface area contributed by atoms with Crippen LogP contribution in [0, 0.1) is 20.8 Å². The largest absolute Gasteiger partial charge is 0.320 e. The van der Waals surface area contributed by atoms with Gasteiger partial charge in [0.25, 0.3) is 5.91 Å². The third kappa shape index (κ3) is 4.10. The van der Waals surface area contributed by atoms with Crippen LogP contribution in [0.4, 0.5) is 5.69 Å². The predicted molar refractivity (Wildman–Crippen MR) is 110 cm³/mol. The van der Waals surface area contributed by atoms with Gasteiger partial charge in [-0.2, -0.15) is 4.31 Å². The van der Waals surface area contributed by atoms with Crippen LogP contribution in [0.25, 0.3) is 0 Å². The number of hydrogen-bond donors (Lipinski definition) is 1. The maximum atomic E-state index is 13.1. The lowest BCUT2D eigenvalue weighted by Crippen LogP contribution is -2.41. The van der Waals surface area contributed by atoms with E-state index in [9.17, 15) is 13.2 Å². The van der Waals surface area contributed by atoms with Gasteiger partial charge in [0.05, 0.1) is 16.3 Å². The summed E-state index contributed by atoms with van der Waals surface area (Å²) in [5, 5.41) is 2.88. The lowest BCUT2D eigenvalue weighted by molar-refractivity contribution is 0.102. The number of carbonyl (C=O) groups excluding carboxylic acids is 1. The molecule has 1 aromatic heterocycles. The van der Waals surface area contributed by atoms with Crippen LogP contribution < -0.4 is 5.32 Å². The van der Waals surface area contributed by atoms with Gasteiger partial charge in [0, 0.05) is 23.8 Å². The number of sulfonamides is 1. The zero-order chi connectivity index (χ0) is 20.5. The van der Waals surface area contributed by atoms with Crippen molar-refractivity contribution in [2.45, 2.75) is 57.9 Å². The fourth-order valence-corrected chi connectivity index (χ4v) is 5.51. The first-order valence-corrected chi connectivity index (χ1v) is 11.0. The molecule has 3 rings (SSSR count). The van der Waals surface area contributed by atoms with Gasteiger partial charge in [0.1, 0.15) is 0 Å². The van der Waals surface area contributed by atoms with Crippen LogP contribution in [-0.4, -0.2) is 36.2 Å². The molecule has 0 radical (unpaired) electrons. The summed E-state index contributed by atoms with van der Waals surface area (Å²) in [6.07, 6.45) is 2.76. The smallest absolute Gasteiger partial charge is 0.255 e. The Morgan fingerprint density at radius 3 is 2.61 bits per heavy atom. The normalized spacial score (nSPS) is 18.1. The molecule has 1 N–H and O–H groups in total. The summed E-state index contributed by atoms with van der Waals surface area (Å²) >= 11 is 0. The zero-order valence-electron chi connectivity index (χ0n) is 16.8. The molecule has 1 saturated heterocycles. The summed E-state index contributed by atoms with van der Waals surface area (Å²) in [7, 11) is -3.62. The Hall–Kier alpha value is -2.25. The van der Waals surface area contributed by atoms with Crippen LogP contribution in [0.3, 0.4) is 0 Å². The van der Waals surface area contributed by atoms with Crippen LogP contribution in [-0.2, 0) is 10.0 Å². The summed E-state index contributed by atoms with van der Waals surface area (Å²) < 4.78 is 27.7. The molecule has 1 aromatic carbocycles. The number of amides is 1. The lowest BCUT2D eigenvalue weighted by atomic mass is 10.1. The van der Waals surface area contributed by atoms with Gasteiger partial charge in [-0.1, -0.05) is 12.5 Å². The molecule has 0 spiro atoms. The van der Waals surface area contributed by atoms with Crippen molar-refractivity contribution in [1.82, 2.24) is 9.29 Å². The molecule has 7 heteroatoms. The van der Waals surface area contributed by atoms with Gasteiger partial charge in [-0.15, -0.1) is 0 Å². The summed E-state index contributed by atoms with van der Waals surface area (Å²) in [5.74, 6) is -0.347. The molecule has 28 heavy (non-hydrogen) atoms. The number of anilines is 1. The van der Waals surface area contributed by atoms with Crippen molar-refractivity contribution < 1.29 is 13.2 Å². The van der Waals surface area contributed by atoms with Crippen LogP contribution in [0.1, 0.15) is 53.5 Å². The van der Waals surface area contributed by atoms with Crippen LogP contribution in [0.5, 0.6) is 0 Å². The first kappa shape index (κ1) is 20.5. The Labute approximate surface area is 167 Å². The molecule has 1 aliphatic rings. The fraction of sp³-hybridized carbons (Fsp3) is 0.429. The maximum absolute atomic E-state index is 13.1. The molecular formula is C21H27N3O3S. The first-order chi connectivity index (χ1) is 13.2. The number of aryl methyl sites for hydroxylation is 3. The predicted octanol–water partition coefficient (Wildman–Crippen LogP) is 3.82. The Bertz CT molecular complexity index is 979. The quantitative estimate of drug-likeness (QED) is 0.845. The number of rotatable bonds is 4. The molecule has 150 valence electrons. The number of aromatic nitrogens is 1. The average Bonchev–Trinajstić information content (AvgIpc) is 2.64. The van der Waals surface area contributed by atoms with Crippen LogP contribution in [0.15, 0.2) is 35.2 Å². The summed E-state index contributed by atoms with van der Waals surface area (Å²) in [6.45, 7) is 8.11. The topological polar surface area (TPSA) is 79.4 Å². The highest BCUT2D eigenvalue weighted by Crippen LogP contribution is 2.26. The Balaban J connectivity index is 1.88. The van der Waals surface area contributed by atoms with Crippen molar-refractivity contribution in [3.05, 3.63) is 52.8 Å². The molecule has 1 atom stereocenters. The number of pyridine rings is 1. The third-order valence-electron chi connectivity index (χ3n) is 5.21. The van der Waals surface area contributed by atoms with Crippen molar-refractivity contribution >= 4 is 21.6 Å². The van der Waals surface area contributed by atoms with E-state index in [2.05, 4.69) is 10.3 Å². The van der Waals surface area contributed by atoms with Crippen LogP contribution >= 0.6 is 0 Å². The van der Waals surface area contributed by atoms with E-state index in [-0.39, 0.29) is 16.8 Å². The molecule has 2 heterocycles. The average molecular weight is 402 g/mol. The van der Waals surface area contributed by atoms with Gasteiger partial charge in [-0.25, -0.2) is 8.42 Å². The number of hydrogen-bond acceptors (Lipinski definition) is 4. The third-order valence-corrected chi connectivity index (χ3v) is 7.22. The number of nitrogens with zero attached hydrogens (tertiary/aromatic N) is 2. The summed E-state index contributed by atoms with van der Waals surface area (Å²) in [5.41, 5.74) is 3.51. The first-order valence-electron chi connectivity index (χ1n) is 9.58. The molecule has 0 aliphatic carbocycles. The highest BCUT2D eigenvalue weighted by Gasteiger charge is 2.31. The van der Waals surface area contributed by atoms with Crippen molar-refractivity contribution in [1.29, 1.82) is 0 Å². The van der Waals surface area contributed by atoms with E-state index in [1.54, 1.807) is 22.5 Å². The molecule has 0 saturated carbocycles. The van der Waals surface area contributed by atoms with E-state index >= 15 is 0 Å². The van der Waals surface area contributed by atoms with Gasteiger partial charge in [-0.3, -0.25) is 9.78 Å². The molecule has 6 nitrogen and oxygen atoms in total. The van der Waals surface area contributed by atoms with E-state index in [0.29, 0.717) is 17.8 Å². The van der Waals surface area contributed by atoms with Crippen molar-refractivity contribution in [3.8, 4) is 0 Å². The van der Waals surface area contributed by atoms with Gasteiger partial charge in [0.15, 0.2) is 0 Å². The molecule has 1 amide bonds. The van der Waals surface area contributed by atoms with Gasteiger partial charge < -0.3 is 5.32 Å². The zero-order valence-corrected chi connectivity index (χ0v) is 17.6. The molecule has 2 aromatic rings. The molecule has 0 bridgehead atoms. The maximum Gasteiger partial charge on any atom is 0.255 e. The number of carbonyl (C=O) groups is 1. The lowest BCUT2D eigenvalue weighted by Gasteiger charge is -2.32. The van der Waals surface area contributed by atoms with Gasteiger partial charge in [-0.05, 0) is 70.4 Å². The summed E-state index contributed by atoms with van der Waals surface area (Å²) in [6, 6.07) is 8.13.